The summed E-state index contributed by atoms with van der Waals surface area (Å²) < 4.78 is 5.89. The Morgan fingerprint density at radius 1 is 1.20 bits per heavy atom. The van der Waals surface area contributed by atoms with Crippen LogP contribution in [0.5, 0.6) is 0 Å². The molecular formula is C20H27N3O2. The van der Waals surface area contributed by atoms with E-state index < -0.39 is 0 Å². The van der Waals surface area contributed by atoms with Gasteiger partial charge in [-0.3, -0.25) is 9.69 Å². The van der Waals surface area contributed by atoms with Crippen LogP contribution in [0.15, 0.2) is 40.9 Å². The Balaban J connectivity index is 1.53. The Morgan fingerprint density at radius 2 is 1.88 bits per heavy atom. The Morgan fingerprint density at radius 3 is 2.52 bits per heavy atom. The fourth-order valence-electron chi connectivity index (χ4n) is 3.44. The molecule has 0 aliphatic carbocycles. The highest BCUT2D eigenvalue weighted by Gasteiger charge is 2.28. The lowest BCUT2D eigenvalue weighted by Crippen LogP contribution is -2.42. The monoisotopic (exact) mass is 341 g/mol. The van der Waals surface area contributed by atoms with Crippen LogP contribution in [-0.2, 0) is 11.3 Å². The average Bonchev–Trinajstić information content (AvgIpc) is 3.12. The van der Waals surface area contributed by atoms with Crippen LogP contribution in [0.2, 0.25) is 0 Å². The number of piperidine rings is 1. The molecule has 0 spiro atoms. The number of aromatic nitrogens is 1. The zero-order chi connectivity index (χ0) is 17.6. The van der Waals surface area contributed by atoms with Crippen molar-refractivity contribution in [3.8, 4) is 11.3 Å². The molecule has 1 aromatic heterocycles. The number of carbonyl (C=O) groups is 1. The summed E-state index contributed by atoms with van der Waals surface area (Å²) in [7, 11) is 0. The lowest BCUT2D eigenvalue weighted by atomic mass is 9.95. The number of rotatable bonds is 6. The average molecular weight is 341 g/mol. The third-order valence-electron chi connectivity index (χ3n) is 4.98. The van der Waals surface area contributed by atoms with Crippen LogP contribution in [0.3, 0.4) is 0 Å². The van der Waals surface area contributed by atoms with E-state index in [2.05, 4.69) is 9.88 Å². The van der Waals surface area contributed by atoms with Crippen LogP contribution in [0.4, 0.5) is 0 Å². The molecule has 134 valence electrons. The van der Waals surface area contributed by atoms with E-state index in [9.17, 15) is 4.79 Å². The minimum absolute atomic E-state index is 0.167. The molecule has 0 atom stereocenters. The maximum atomic E-state index is 12.5. The van der Waals surface area contributed by atoms with Crippen LogP contribution in [0.25, 0.3) is 11.3 Å². The van der Waals surface area contributed by atoms with E-state index in [0.717, 1.165) is 56.2 Å². The first-order chi connectivity index (χ1) is 12.2. The summed E-state index contributed by atoms with van der Waals surface area (Å²) in [6, 6.07) is 10.0. The van der Waals surface area contributed by atoms with Crippen molar-refractivity contribution < 1.29 is 9.21 Å². The molecule has 1 aromatic carbocycles. The number of amides is 1. The standard InChI is InChI=1S/C20H27N3O2/c1-3-23(4-2)20(24)17-10-12-22(13-11-17)15-19-21-14-18(25-19)16-8-6-5-7-9-16/h5-9,14,17H,3-4,10-13,15H2,1-2H3. The van der Waals surface area contributed by atoms with Crippen molar-refractivity contribution in [2.45, 2.75) is 33.2 Å². The highest BCUT2D eigenvalue weighted by molar-refractivity contribution is 5.78. The second kappa shape index (κ2) is 8.30. The molecule has 0 radical (unpaired) electrons. The molecule has 1 amide bonds. The van der Waals surface area contributed by atoms with Gasteiger partial charge in [-0.15, -0.1) is 0 Å². The van der Waals surface area contributed by atoms with Crippen molar-refractivity contribution in [3.63, 3.8) is 0 Å². The smallest absolute Gasteiger partial charge is 0.225 e. The van der Waals surface area contributed by atoms with Crippen molar-refractivity contribution in [3.05, 3.63) is 42.4 Å². The first-order valence-electron chi connectivity index (χ1n) is 9.22. The lowest BCUT2D eigenvalue weighted by Gasteiger charge is -2.33. The number of oxazole rings is 1. The fourth-order valence-corrected chi connectivity index (χ4v) is 3.44. The van der Waals surface area contributed by atoms with Crippen LogP contribution in [-0.4, -0.2) is 46.9 Å². The molecule has 0 unspecified atom stereocenters. The van der Waals surface area contributed by atoms with Crippen LogP contribution in [0, 0.1) is 5.92 Å². The minimum atomic E-state index is 0.167. The summed E-state index contributed by atoms with van der Waals surface area (Å²) in [5, 5.41) is 0. The van der Waals surface area contributed by atoms with Gasteiger partial charge in [0.15, 0.2) is 5.76 Å². The maximum Gasteiger partial charge on any atom is 0.225 e. The SMILES string of the molecule is CCN(CC)C(=O)C1CCN(Cc2ncc(-c3ccccc3)o2)CC1. The predicted octanol–water partition coefficient (Wildman–Crippen LogP) is 3.42. The number of benzene rings is 1. The van der Waals surface area contributed by atoms with Gasteiger partial charge < -0.3 is 9.32 Å². The van der Waals surface area contributed by atoms with Crippen LogP contribution >= 0.6 is 0 Å². The molecular weight excluding hydrogens is 314 g/mol. The van der Waals surface area contributed by atoms with E-state index in [-0.39, 0.29) is 5.92 Å². The summed E-state index contributed by atoms with van der Waals surface area (Å²) in [5.74, 6) is 2.03. The van der Waals surface area contributed by atoms with Gasteiger partial charge in [0.05, 0.1) is 12.7 Å². The second-order valence-corrected chi connectivity index (χ2v) is 6.55. The highest BCUT2D eigenvalue weighted by atomic mass is 16.4. The molecule has 2 heterocycles. The van der Waals surface area contributed by atoms with Crippen molar-refractivity contribution in [1.29, 1.82) is 0 Å². The Labute approximate surface area is 149 Å². The van der Waals surface area contributed by atoms with Crippen molar-refractivity contribution in [2.24, 2.45) is 5.92 Å². The Bertz CT molecular complexity index is 671. The second-order valence-electron chi connectivity index (χ2n) is 6.55. The number of hydrogen-bond acceptors (Lipinski definition) is 4. The van der Waals surface area contributed by atoms with Crippen molar-refractivity contribution in [1.82, 2.24) is 14.8 Å². The first-order valence-corrected chi connectivity index (χ1v) is 9.22. The summed E-state index contributed by atoms with van der Waals surface area (Å²) in [6.07, 6.45) is 3.63. The summed E-state index contributed by atoms with van der Waals surface area (Å²) in [6.45, 7) is 8.23. The van der Waals surface area contributed by atoms with Crippen LogP contribution < -0.4 is 0 Å². The summed E-state index contributed by atoms with van der Waals surface area (Å²) >= 11 is 0. The van der Waals surface area contributed by atoms with E-state index in [0.29, 0.717) is 12.5 Å². The normalized spacial score (nSPS) is 16.1. The molecule has 3 rings (SSSR count). The molecule has 2 aromatic rings. The van der Waals surface area contributed by atoms with Gasteiger partial charge in [-0.1, -0.05) is 30.3 Å². The third-order valence-corrected chi connectivity index (χ3v) is 4.98. The van der Waals surface area contributed by atoms with Crippen LogP contribution in [0.1, 0.15) is 32.6 Å². The third kappa shape index (κ3) is 4.28. The number of hydrogen-bond donors (Lipinski definition) is 0. The van der Waals surface area contributed by atoms with Gasteiger partial charge in [0, 0.05) is 24.6 Å². The Kier molecular flexibility index (Phi) is 5.87. The molecule has 1 fully saturated rings. The van der Waals surface area contributed by atoms with E-state index in [4.69, 9.17) is 4.42 Å². The Hall–Kier alpha value is -2.14. The zero-order valence-corrected chi connectivity index (χ0v) is 15.1. The summed E-state index contributed by atoms with van der Waals surface area (Å²) in [5.41, 5.74) is 1.05. The molecule has 1 saturated heterocycles. The van der Waals surface area contributed by atoms with Gasteiger partial charge in [-0.2, -0.15) is 0 Å². The topological polar surface area (TPSA) is 49.6 Å². The molecule has 1 aliphatic rings. The van der Waals surface area contributed by atoms with Gasteiger partial charge in [0.2, 0.25) is 11.8 Å². The first kappa shape index (κ1) is 17.7. The molecule has 0 saturated carbocycles. The quantitative estimate of drug-likeness (QED) is 0.808. The largest absolute Gasteiger partial charge is 0.439 e. The summed E-state index contributed by atoms with van der Waals surface area (Å²) in [4.78, 5) is 21.1. The number of carbonyl (C=O) groups excluding carboxylic acids is 1. The molecule has 0 N–H and O–H groups in total. The zero-order valence-electron chi connectivity index (χ0n) is 15.1. The lowest BCUT2D eigenvalue weighted by molar-refractivity contribution is -0.136. The molecule has 5 nitrogen and oxygen atoms in total. The molecule has 1 aliphatic heterocycles. The number of nitrogens with zero attached hydrogens (tertiary/aromatic N) is 3. The molecule has 5 heteroatoms. The van der Waals surface area contributed by atoms with E-state index >= 15 is 0 Å². The van der Waals surface area contributed by atoms with Gasteiger partial charge >= 0.3 is 0 Å². The van der Waals surface area contributed by atoms with Crippen molar-refractivity contribution in [2.75, 3.05) is 26.2 Å². The van der Waals surface area contributed by atoms with E-state index in [1.165, 1.54) is 0 Å². The van der Waals surface area contributed by atoms with Gasteiger partial charge in [0.1, 0.15) is 0 Å². The maximum absolute atomic E-state index is 12.5. The van der Waals surface area contributed by atoms with Gasteiger partial charge in [-0.05, 0) is 39.8 Å². The van der Waals surface area contributed by atoms with Gasteiger partial charge in [-0.25, -0.2) is 4.98 Å². The predicted molar refractivity (Wildman–Crippen MR) is 97.9 cm³/mol. The van der Waals surface area contributed by atoms with E-state index in [1.54, 1.807) is 6.20 Å². The fraction of sp³-hybridized carbons (Fsp3) is 0.500. The molecule has 0 bridgehead atoms. The van der Waals surface area contributed by atoms with Gasteiger partial charge in [0.25, 0.3) is 0 Å². The highest BCUT2D eigenvalue weighted by Crippen LogP contribution is 2.23. The number of likely N-dealkylation sites (tertiary alicyclic amines) is 1. The minimum Gasteiger partial charge on any atom is -0.439 e. The van der Waals surface area contributed by atoms with E-state index in [1.807, 2.05) is 49.1 Å². The molecule has 25 heavy (non-hydrogen) atoms. The van der Waals surface area contributed by atoms with Crippen molar-refractivity contribution >= 4 is 5.91 Å².